The zero-order valence-corrected chi connectivity index (χ0v) is 11.3. The first kappa shape index (κ1) is 12.8. The summed E-state index contributed by atoms with van der Waals surface area (Å²) in [5.74, 6) is 0.656. The average molecular weight is 256 g/mol. The zero-order valence-electron chi connectivity index (χ0n) is 10.4. The van der Waals surface area contributed by atoms with E-state index in [2.05, 4.69) is 6.92 Å². The van der Waals surface area contributed by atoms with E-state index in [4.69, 9.17) is 22.7 Å². The Morgan fingerprint density at radius 1 is 1.53 bits per heavy atom. The van der Waals surface area contributed by atoms with Crippen molar-refractivity contribution in [1.82, 2.24) is 4.90 Å². The predicted octanol–water partition coefficient (Wildman–Crippen LogP) is 0.936. The van der Waals surface area contributed by atoms with Gasteiger partial charge < -0.3 is 15.4 Å². The Kier molecular flexibility index (Phi) is 3.41. The molecule has 1 aliphatic heterocycles. The molecule has 5 heteroatoms. The van der Waals surface area contributed by atoms with E-state index in [-0.39, 0.29) is 12.0 Å². The van der Waals surface area contributed by atoms with E-state index >= 15 is 0 Å². The quantitative estimate of drug-likeness (QED) is 0.763. The van der Waals surface area contributed by atoms with Crippen molar-refractivity contribution in [3.63, 3.8) is 0 Å². The van der Waals surface area contributed by atoms with Gasteiger partial charge in [-0.15, -0.1) is 0 Å². The summed E-state index contributed by atoms with van der Waals surface area (Å²) in [7, 11) is 1.69. The minimum atomic E-state index is -0.558. The molecule has 1 saturated carbocycles. The monoisotopic (exact) mass is 256 g/mol. The molecule has 1 saturated heterocycles. The van der Waals surface area contributed by atoms with E-state index in [9.17, 15) is 4.79 Å². The number of methoxy groups -OCH3 is 1. The third kappa shape index (κ3) is 2.06. The largest absolute Gasteiger partial charge is 0.392 e. The van der Waals surface area contributed by atoms with Crippen molar-refractivity contribution in [2.24, 2.45) is 17.1 Å². The molecular weight excluding hydrogens is 236 g/mol. The van der Waals surface area contributed by atoms with Crippen molar-refractivity contribution in [3.8, 4) is 0 Å². The third-order valence-corrected chi connectivity index (χ3v) is 4.43. The van der Waals surface area contributed by atoms with Gasteiger partial charge in [-0.2, -0.15) is 0 Å². The number of thiocarbonyl (C=S) groups is 1. The maximum Gasteiger partial charge on any atom is 0.235 e. The van der Waals surface area contributed by atoms with Gasteiger partial charge in [-0.3, -0.25) is 4.79 Å². The Morgan fingerprint density at radius 3 is 2.59 bits per heavy atom. The van der Waals surface area contributed by atoms with Gasteiger partial charge in [-0.05, 0) is 25.2 Å². The maximum atomic E-state index is 12.5. The van der Waals surface area contributed by atoms with Gasteiger partial charge in [-0.25, -0.2) is 0 Å². The average Bonchev–Trinajstić information content (AvgIpc) is 2.71. The summed E-state index contributed by atoms with van der Waals surface area (Å²) >= 11 is 5.10. The van der Waals surface area contributed by atoms with Gasteiger partial charge in [0, 0.05) is 20.2 Å². The van der Waals surface area contributed by atoms with E-state index in [1.165, 1.54) is 0 Å². The van der Waals surface area contributed by atoms with Crippen LogP contribution in [0.3, 0.4) is 0 Å². The first-order valence-electron chi connectivity index (χ1n) is 6.11. The molecule has 1 heterocycles. The number of hydrogen-bond donors (Lipinski definition) is 1. The van der Waals surface area contributed by atoms with Crippen LogP contribution in [-0.2, 0) is 9.53 Å². The minimum Gasteiger partial charge on any atom is -0.392 e. The van der Waals surface area contributed by atoms with Crippen molar-refractivity contribution in [2.45, 2.75) is 32.3 Å². The Balaban J connectivity index is 2.06. The van der Waals surface area contributed by atoms with Crippen LogP contribution >= 0.6 is 12.2 Å². The number of ether oxygens (including phenoxy) is 1. The fourth-order valence-corrected chi connectivity index (χ4v) is 3.27. The third-order valence-electron chi connectivity index (χ3n) is 4.04. The second-order valence-electron chi connectivity index (χ2n) is 5.36. The van der Waals surface area contributed by atoms with Crippen LogP contribution in [0.4, 0.5) is 0 Å². The Morgan fingerprint density at radius 2 is 2.18 bits per heavy atom. The lowest BCUT2D eigenvalue weighted by atomic mass is 9.61. The number of carbonyl (C=O) groups is 1. The summed E-state index contributed by atoms with van der Waals surface area (Å²) in [6, 6.07) is 0. The number of hydrogen-bond acceptors (Lipinski definition) is 3. The first-order chi connectivity index (χ1) is 7.99. The van der Waals surface area contributed by atoms with Crippen molar-refractivity contribution in [2.75, 3.05) is 20.2 Å². The highest BCUT2D eigenvalue weighted by atomic mass is 32.1. The van der Waals surface area contributed by atoms with Crippen molar-refractivity contribution >= 4 is 23.1 Å². The second-order valence-corrected chi connectivity index (χ2v) is 5.80. The van der Waals surface area contributed by atoms with E-state index < -0.39 is 5.41 Å². The lowest BCUT2D eigenvalue weighted by Crippen LogP contribution is -2.56. The van der Waals surface area contributed by atoms with E-state index in [0.717, 1.165) is 25.8 Å². The summed E-state index contributed by atoms with van der Waals surface area (Å²) in [5.41, 5.74) is 5.23. The molecule has 4 nitrogen and oxygen atoms in total. The Hall–Kier alpha value is -0.680. The molecule has 2 fully saturated rings. The van der Waals surface area contributed by atoms with Crippen LogP contribution in [0.25, 0.3) is 0 Å². The van der Waals surface area contributed by atoms with Gasteiger partial charge in [0.05, 0.1) is 16.5 Å². The Labute approximate surface area is 107 Å². The highest BCUT2D eigenvalue weighted by Gasteiger charge is 2.53. The molecule has 96 valence electrons. The number of amides is 1. The number of carbonyl (C=O) groups excluding carboxylic acids is 1. The molecular formula is C12H20N2O2S. The molecule has 1 amide bonds. The van der Waals surface area contributed by atoms with Gasteiger partial charge in [0.2, 0.25) is 5.91 Å². The minimum absolute atomic E-state index is 0.114. The zero-order chi connectivity index (χ0) is 12.6. The van der Waals surface area contributed by atoms with E-state index in [0.29, 0.717) is 17.5 Å². The molecule has 2 N–H and O–H groups in total. The molecule has 0 spiro atoms. The molecule has 0 aromatic heterocycles. The Bertz CT molecular complexity index is 339. The van der Waals surface area contributed by atoms with Crippen LogP contribution in [0, 0.1) is 11.3 Å². The van der Waals surface area contributed by atoms with Crippen LogP contribution in [0.1, 0.15) is 26.2 Å². The van der Waals surface area contributed by atoms with Crippen LogP contribution < -0.4 is 5.73 Å². The summed E-state index contributed by atoms with van der Waals surface area (Å²) in [6.07, 6.45) is 2.68. The summed E-state index contributed by atoms with van der Waals surface area (Å²) in [4.78, 5) is 14.7. The van der Waals surface area contributed by atoms with Gasteiger partial charge >= 0.3 is 0 Å². The summed E-state index contributed by atoms with van der Waals surface area (Å²) < 4.78 is 5.28. The van der Waals surface area contributed by atoms with Gasteiger partial charge in [0.25, 0.3) is 0 Å². The fraction of sp³-hybridized carbons (Fsp3) is 0.833. The molecule has 17 heavy (non-hydrogen) atoms. The molecule has 0 aromatic carbocycles. The normalized spacial score (nSPS) is 36.7. The number of likely N-dealkylation sites (tertiary alicyclic amines) is 1. The van der Waals surface area contributed by atoms with Crippen LogP contribution in [0.5, 0.6) is 0 Å². The maximum absolute atomic E-state index is 12.5. The fourth-order valence-electron chi connectivity index (χ4n) is 3.02. The lowest BCUT2D eigenvalue weighted by Gasteiger charge is -2.46. The number of nitrogens with two attached hydrogens (primary N) is 1. The van der Waals surface area contributed by atoms with Crippen LogP contribution in [-0.4, -0.2) is 42.1 Å². The molecule has 1 unspecified atom stereocenters. The molecule has 1 aliphatic carbocycles. The SMILES string of the molecule is COC1CCN(C(=O)C2(C(N)=S)CC(C)C2)C1. The molecule has 2 aliphatic rings. The topological polar surface area (TPSA) is 55.6 Å². The summed E-state index contributed by atoms with van der Waals surface area (Å²) in [6.45, 7) is 3.57. The molecule has 1 atom stereocenters. The smallest absolute Gasteiger partial charge is 0.235 e. The van der Waals surface area contributed by atoms with E-state index in [1.54, 1.807) is 7.11 Å². The molecule has 2 rings (SSSR count). The van der Waals surface area contributed by atoms with Gasteiger partial charge in [-0.1, -0.05) is 19.1 Å². The van der Waals surface area contributed by atoms with Crippen LogP contribution in [0.15, 0.2) is 0 Å². The predicted molar refractivity (Wildman–Crippen MR) is 69.6 cm³/mol. The lowest BCUT2D eigenvalue weighted by molar-refractivity contribution is -0.143. The highest BCUT2D eigenvalue weighted by molar-refractivity contribution is 7.80. The first-order valence-corrected chi connectivity index (χ1v) is 6.52. The summed E-state index contributed by atoms with van der Waals surface area (Å²) in [5, 5.41) is 0. The van der Waals surface area contributed by atoms with E-state index in [1.807, 2.05) is 4.90 Å². The van der Waals surface area contributed by atoms with Gasteiger partial charge in [0.15, 0.2) is 0 Å². The second kappa shape index (κ2) is 4.53. The molecule has 0 aromatic rings. The highest BCUT2D eigenvalue weighted by Crippen LogP contribution is 2.47. The van der Waals surface area contributed by atoms with Crippen molar-refractivity contribution in [3.05, 3.63) is 0 Å². The standard InChI is InChI=1S/C12H20N2O2S/c1-8-5-12(6-8,10(13)17)11(15)14-4-3-9(7-14)16-2/h8-9H,3-7H2,1-2H3,(H2,13,17). The molecule has 0 bridgehead atoms. The number of rotatable bonds is 3. The van der Waals surface area contributed by atoms with Gasteiger partial charge in [0.1, 0.15) is 0 Å². The van der Waals surface area contributed by atoms with Crippen molar-refractivity contribution < 1.29 is 9.53 Å². The number of nitrogens with zero attached hydrogens (tertiary/aromatic N) is 1. The van der Waals surface area contributed by atoms with Crippen molar-refractivity contribution in [1.29, 1.82) is 0 Å². The van der Waals surface area contributed by atoms with Crippen LogP contribution in [0.2, 0.25) is 0 Å². The molecule has 0 radical (unpaired) electrons.